The minimum absolute atomic E-state index is 0.146. The van der Waals surface area contributed by atoms with Crippen molar-refractivity contribution in [2.75, 3.05) is 0 Å². The standard InChI is InChI=1S/C10H16N2O3/c1-2-3-4-7(10(11)15)12-8(13)5-6-9(12)14/h5-7,13-14H,2-4H2,1H3,(H2,11,15). The van der Waals surface area contributed by atoms with E-state index >= 15 is 0 Å². The molecule has 1 heterocycles. The molecule has 1 aromatic heterocycles. The van der Waals surface area contributed by atoms with Crippen LogP contribution in [0.2, 0.25) is 0 Å². The smallest absolute Gasteiger partial charge is 0.240 e. The Hall–Kier alpha value is -1.65. The molecule has 0 bridgehead atoms. The molecule has 0 radical (unpaired) electrons. The molecule has 0 aromatic carbocycles. The van der Waals surface area contributed by atoms with Gasteiger partial charge in [-0.2, -0.15) is 0 Å². The van der Waals surface area contributed by atoms with Crippen molar-refractivity contribution >= 4 is 5.91 Å². The van der Waals surface area contributed by atoms with Gasteiger partial charge in [0, 0.05) is 12.1 Å². The van der Waals surface area contributed by atoms with E-state index in [1.807, 2.05) is 6.92 Å². The highest BCUT2D eigenvalue weighted by atomic mass is 16.3. The van der Waals surface area contributed by atoms with Crippen LogP contribution in [-0.2, 0) is 4.79 Å². The molecule has 4 N–H and O–H groups in total. The maximum atomic E-state index is 11.2. The summed E-state index contributed by atoms with van der Waals surface area (Å²) in [6.45, 7) is 1.99. The zero-order valence-corrected chi connectivity index (χ0v) is 8.68. The number of aromatic nitrogens is 1. The Kier molecular flexibility index (Phi) is 3.60. The largest absolute Gasteiger partial charge is 0.494 e. The van der Waals surface area contributed by atoms with Crippen LogP contribution < -0.4 is 5.73 Å². The van der Waals surface area contributed by atoms with Crippen LogP contribution in [0.3, 0.4) is 0 Å². The lowest BCUT2D eigenvalue weighted by atomic mass is 10.1. The molecule has 0 aliphatic carbocycles. The highest BCUT2D eigenvalue weighted by molar-refractivity contribution is 5.78. The summed E-state index contributed by atoms with van der Waals surface area (Å²) in [6.07, 6.45) is 2.25. The zero-order valence-electron chi connectivity index (χ0n) is 8.68. The molecule has 0 fully saturated rings. The molecule has 84 valence electrons. The fraction of sp³-hybridized carbons (Fsp3) is 0.500. The molecular weight excluding hydrogens is 196 g/mol. The summed E-state index contributed by atoms with van der Waals surface area (Å²) in [4.78, 5) is 11.2. The van der Waals surface area contributed by atoms with E-state index in [1.54, 1.807) is 0 Å². The van der Waals surface area contributed by atoms with Gasteiger partial charge in [-0.1, -0.05) is 19.8 Å². The van der Waals surface area contributed by atoms with Gasteiger partial charge in [-0.3, -0.25) is 9.36 Å². The van der Waals surface area contributed by atoms with Gasteiger partial charge in [-0.25, -0.2) is 0 Å². The van der Waals surface area contributed by atoms with E-state index in [9.17, 15) is 15.0 Å². The Morgan fingerprint density at radius 3 is 2.40 bits per heavy atom. The second-order valence-corrected chi connectivity index (χ2v) is 3.48. The number of primary amides is 1. The molecule has 5 nitrogen and oxygen atoms in total. The molecule has 1 aromatic rings. The number of aromatic hydroxyl groups is 2. The average molecular weight is 212 g/mol. The molecule has 0 aliphatic rings. The first-order chi connectivity index (χ1) is 7.07. The predicted octanol–water partition coefficient (Wildman–Crippen LogP) is 1.12. The highest BCUT2D eigenvalue weighted by Gasteiger charge is 2.21. The van der Waals surface area contributed by atoms with Crippen molar-refractivity contribution in [1.29, 1.82) is 0 Å². The first-order valence-electron chi connectivity index (χ1n) is 4.96. The van der Waals surface area contributed by atoms with Crippen molar-refractivity contribution in [3.8, 4) is 11.8 Å². The van der Waals surface area contributed by atoms with Gasteiger partial charge < -0.3 is 15.9 Å². The van der Waals surface area contributed by atoms with Gasteiger partial charge >= 0.3 is 0 Å². The lowest BCUT2D eigenvalue weighted by Gasteiger charge is -2.16. The van der Waals surface area contributed by atoms with Gasteiger partial charge in [0.15, 0.2) is 11.8 Å². The third kappa shape index (κ3) is 2.43. The van der Waals surface area contributed by atoms with Crippen LogP contribution in [0.25, 0.3) is 0 Å². The number of amides is 1. The first kappa shape index (κ1) is 11.4. The molecule has 5 heteroatoms. The molecule has 0 aliphatic heterocycles. The number of carbonyl (C=O) groups excluding carboxylic acids is 1. The number of hydrogen-bond acceptors (Lipinski definition) is 3. The Morgan fingerprint density at radius 1 is 1.47 bits per heavy atom. The van der Waals surface area contributed by atoms with E-state index in [-0.39, 0.29) is 11.8 Å². The van der Waals surface area contributed by atoms with Crippen molar-refractivity contribution in [3.05, 3.63) is 12.1 Å². The maximum Gasteiger partial charge on any atom is 0.240 e. The second kappa shape index (κ2) is 4.72. The average Bonchev–Trinajstić information content (AvgIpc) is 2.49. The fourth-order valence-electron chi connectivity index (χ4n) is 1.54. The van der Waals surface area contributed by atoms with Gasteiger partial charge in [0.2, 0.25) is 5.91 Å². The van der Waals surface area contributed by atoms with Gasteiger partial charge in [0.1, 0.15) is 6.04 Å². The molecule has 0 saturated carbocycles. The minimum atomic E-state index is -0.681. The van der Waals surface area contributed by atoms with Crippen molar-refractivity contribution < 1.29 is 15.0 Å². The number of nitrogens with two attached hydrogens (primary N) is 1. The van der Waals surface area contributed by atoms with Crippen LogP contribution >= 0.6 is 0 Å². The van der Waals surface area contributed by atoms with E-state index in [4.69, 9.17) is 5.73 Å². The quantitative estimate of drug-likeness (QED) is 0.683. The molecule has 1 unspecified atom stereocenters. The van der Waals surface area contributed by atoms with E-state index in [0.717, 1.165) is 17.4 Å². The van der Waals surface area contributed by atoms with Gasteiger partial charge in [-0.05, 0) is 6.42 Å². The number of nitrogens with zero attached hydrogens (tertiary/aromatic N) is 1. The Balaban J connectivity index is 2.93. The monoisotopic (exact) mass is 212 g/mol. The van der Waals surface area contributed by atoms with E-state index in [0.29, 0.717) is 6.42 Å². The van der Waals surface area contributed by atoms with Crippen molar-refractivity contribution in [2.24, 2.45) is 5.73 Å². The number of carbonyl (C=O) groups is 1. The first-order valence-corrected chi connectivity index (χ1v) is 4.96. The fourth-order valence-corrected chi connectivity index (χ4v) is 1.54. The Bertz CT molecular complexity index is 327. The zero-order chi connectivity index (χ0) is 11.4. The van der Waals surface area contributed by atoms with Crippen molar-refractivity contribution in [1.82, 2.24) is 4.57 Å². The Labute approximate surface area is 88.1 Å². The van der Waals surface area contributed by atoms with Crippen LogP contribution in [0.15, 0.2) is 12.1 Å². The van der Waals surface area contributed by atoms with E-state index in [2.05, 4.69) is 0 Å². The molecular formula is C10H16N2O3. The van der Waals surface area contributed by atoms with Crippen molar-refractivity contribution in [2.45, 2.75) is 32.2 Å². The number of rotatable bonds is 5. The Morgan fingerprint density at radius 2 is 2.00 bits per heavy atom. The lowest BCUT2D eigenvalue weighted by Crippen LogP contribution is -2.26. The normalized spacial score (nSPS) is 12.6. The number of hydrogen-bond donors (Lipinski definition) is 3. The highest BCUT2D eigenvalue weighted by Crippen LogP contribution is 2.29. The molecule has 0 saturated heterocycles. The molecule has 1 atom stereocenters. The van der Waals surface area contributed by atoms with Crippen LogP contribution in [0.5, 0.6) is 11.8 Å². The summed E-state index contributed by atoms with van der Waals surface area (Å²) in [5, 5.41) is 18.9. The SMILES string of the molecule is CCCCC(C(N)=O)n1c(O)ccc1O. The summed E-state index contributed by atoms with van der Waals surface area (Å²) >= 11 is 0. The molecule has 1 amide bonds. The summed E-state index contributed by atoms with van der Waals surface area (Å²) in [7, 11) is 0. The van der Waals surface area contributed by atoms with E-state index in [1.165, 1.54) is 12.1 Å². The third-order valence-electron chi connectivity index (χ3n) is 2.35. The van der Waals surface area contributed by atoms with Crippen molar-refractivity contribution in [3.63, 3.8) is 0 Å². The van der Waals surface area contributed by atoms with E-state index < -0.39 is 11.9 Å². The number of unbranched alkanes of at least 4 members (excludes halogenated alkanes) is 1. The van der Waals surface area contributed by atoms with Crippen LogP contribution in [0, 0.1) is 0 Å². The summed E-state index contributed by atoms with van der Waals surface area (Å²) in [5.74, 6) is -0.843. The van der Waals surface area contributed by atoms with Crippen LogP contribution in [0.4, 0.5) is 0 Å². The summed E-state index contributed by atoms with van der Waals surface area (Å²) < 4.78 is 1.15. The molecule has 1 rings (SSSR count). The van der Waals surface area contributed by atoms with Crippen LogP contribution in [0.1, 0.15) is 32.2 Å². The minimum Gasteiger partial charge on any atom is -0.494 e. The molecule has 15 heavy (non-hydrogen) atoms. The lowest BCUT2D eigenvalue weighted by molar-refractivity contribution is -0.121. The second-order valence-electron chi connectivity index (χ2n) is 3.48. The molecule has 0 spiro atoms. The summed E-state index contributed by atoms with van der Waals surface area (Å²) in [5.41, 5.74) is 5.22. The van der Waals surface area contributed by atoms with Gasteiger partial charge in [0.05, 0.1) is 0 Å². The predicted molar refractivity (Wildman–Crippen MR) is 55.5 cm³/mol. The van der Waals surface area contributed by atoms with Gasteiger partial charge in [-0.15, -0.1) is 0 Å². The third-order valence-corrected chi connectivity index (χ3v) is 2.35. The van der Waals surface area contributed by atoms with Gasteiger partial charge in [0.25, 0.3) is 0 Å². The summed E-state index contributed by atoms with van der Waals surface area (Å²) in [6, 6.07) is 1.98. The topological polar surface area (TPSA) is 88.5 Å². The maximum absolute atomic E-state index is 11.2. The van der Waals surface area contributed by atoms with Crippen LogP contribution in [-0.4, -0.2) is 20.7 Å².